The maximum absolute atomic E-state index is 11.8. The summed E-state index contributed by atoms with van der Waals surface area (Å²) in [5.41, 5.74) is -1.18. The van der Waals surface area contributed by atoms with E-state index in [-0.39, 0.29) is 16.7 Å². The largest absolute Gasteiger partial charge is 0.479 e. The third-order valence-corrected chi connectivity index (χ3v) is 6.29. The number of hydrogen-bond acceptors (Lipinski definition) is 2. The van der Waals surface area contributed by atoms with E-state index in [0.29, 0.717) is 18.9 Å². The molecule has 0 aromatic carbocycles. The fourth-order valence-corrected chi connectivity index (χ4v) is 5.10. The highest BCUT2D eigenvalue weighted by atomic mass is 16.4. The molecule has 0 unspecified atom stereocenters. The summed E-state index contributed by atoms with van der Waals surface area (Å²) in [5.74, 6) is -0.428. The van der Waals surface area contributed by atoms with Crippen LogP contribution in [0.25, 0.3) is 0 Å². The second-order valence-corrected chi connectivity index (χ2v) is 6.46. The highest BCUT2D eigenvalue weighted by molar-refractivity contribution is 5.89. The van der Waals surface area contributed by atoms with Gasteiger partial charge in [0.15, 0.2) is 0 Å². The Hall–Kier alpha value is -1.06. The average Bonchev–Trinajstić information content (AvgIpc) is 2.68. The summed E-state index contributed by atoms with van der Waals surface area (Å²) in [6.45, 7) is 6.37. The summed E-state index contributed by atoms with van der Waals surface area (Å²) in [5, 5.41) is 9.72. The minimum absolute atomic E-state index is 0.00292. The molecule has 0 spiro atoms. The van der Waals surface area contributed by atoms with Crippen LogP contribution in [-0.2, 0) is 9.59 Å². The molecule has 3 aliphatic rings. The molecule has 3 rings (SSSR count). The van der Waals surface area contributed by atoms with Gasteiger partial charge in [0.05, 0.1) is 0 Å². The number of rotatable bonds is 1. The van der Waals surface area contributed by atoms with Crippen molar-refractivity contribution in [3.63, 3.8) is 0 Å². The predicted octanol–water partition coefficient (Wildman–Crippen LogP) is 1.50. The second kappa shape index (κ2) is 2.68. The summed E-state index contributed by atoms with van der Waals surface area (Å²) < 4.78 is 0. The normalized spacial score (nSPS) is 51.0. The van der Waals surface area contributed by atoms with E-state index in [1.165, 1.54) is 6.92 Å². The van der Waals surface area contributed by atoms with Gasteiger partial charge in [0, 0.05) is 18.9 Å². The monoisotopic (exact) mass is 237 g/mol. The van der Waals surface area contributed by atoms with E-state index in [1.807, 2.05) is 0 Å². The fourth-order valence-electron chi connectivity index (χ4n) is 5.10. The third-order valence-electron chi connectivity index (χ3n) is 6.29. The number of carbonyl (C=O) groups is 2. The number of piperidine rings is 1. The first-order valence-electron chi connectivity index (χ1n) is 6.31. The van der Waals surface area contributed by atoms with Crippen LogP contribution < -0.4 is 0 Å². The number of nitrogens with zero attached hydrogens (tertiary/aromatic N) is 1. The Labute approximate surface area is 101 Å². The Kier molecular flexibility index (Phi) is 1.74. The van der Waals surface area contributed by atoms with Crippen molar-refractivity contribution in [2.24, 2.45) is 16.7 Å². The first-order chi connectivity index (χ1) is 7.79. The number of likely N-dealkylation sites (tertiary alicyclic amines) is 1. The van der Waals surface area contributed by atoms with Gasteiger partial charge < -0.3 is 10.0 Å². The van der Waals surface area contributed by atoms with Crippen LogP contribution in [0, 0.1) is 16.7 Å². The average molecular weight is 237 g/mol. The van der Waals surface area contributed by atoms with Crippen molar-refractivity contribution in [1.29, 1.82) is 0 Å². The Morgan fingerprint density at radius 2 is 2.00 bits per heavy atom. The lowest BCUT2D eigenvalue weighted by atomic mass is 9.65. The molecule has 1 aliphatic heterocycles. The van der Waals surface area contributed by atoms with Gasteiger partial charge in [-0.15, -0.1) is 0 Å². The van der Waals surface area contributed by atoms with Crippen molar-refractivity contribution in [2.45, 2.75) is 45.6 Å². The molecule has 0 radical (unpaired) electrons. The topological polar surface area (TPSA) is 57.6 Å². The molecular weight excluding hydrogens is 218 g/mol. The molecule has 4 heteroatoms. The Balaban J connectivity index is 2.21. The van der Waals surface area contributed by atoms with E-state index in [0.717, 1.165) is 12.8 Å². The molecule has 1 N–H and O–H groups in total. The number of amides is 1. The van der Waals surface area contributed by atoms with E-state index >= 15 is 0 Å². The molecule has 17 heavy (non-hydrogen) atoms. The fraction of sp³-hybridized carbons (Fsp3) is 0.846. The van der Waals surface area contributed by atoms with Gasteiger partial charge >= 0.3 is 5.97 Å². The Morgan fingerprint density at radius 3 is 2.47 bits per heavy atom. The van der Waals surface area contributed by atoms with Gasteiger partial charge in [-0.2, -0.15) is 0 Å². The van der Waals surface area contributed by atoms with Crippen LogP contribution in [0.2, 0.25) is 0 Å². The summed E-state index contributed by atoms with van der Waals surface area (Å²) >= 11 is 0. The van der Waals surface area contributed by atoms with Crippen molar-refractivity contribution >= 4 is 11.9 Å². The van der Waals surface area contributed by atoms with Crippen LogP contribution in [0.15, 0.2) is 0 Å². The zero-order chi connectivity index (χ0) is 12.6. The van der Waals surface area contributed by atoms with Crippen LogP contribution in [0.1, 0.15) is 40.0 Å². The lowest BCUT2D eigenvalue weighted by Gasteiger charge is -2.44. The van der Waals surface area contributed by atoms with Gasteiger partial charge in [-0.25, -0.2) is 4.79 Å². The van der Waals surface area contributed by atoms with Gasteiger partial charge in [-0.1, -0.05) is 13.8 Å². The summed E-state index contributed by atoms with van der Waals surface area (Å²) in [6.07, 6.45) is 2.70. The molecule has 2 aliphatic carbocycles. The summed E-state index contributed by atoms with van der Waals surface area (Å²) in [7, 11) is 0. The molecule has 1 saturated heterocycles. The molecule has 4 atom stereocenters. The van der Waals surface area contributed by atoms with Crippen molar-refractivity contribution in [1.82, 2.24) is 4.90 Å². The van der Waals surface area contributed by atoms with Gasteiger partial charge in [0.25, 0.3) is 0 Å². The summed E-state index contributed by atoms with van der Waals surface area (Å²) in [4.78, 5) is 25.2. The van der Waals surface area contributed by atoms with Crippen molar-refractivity contribution in [3.8, 4) is 0 Å². The van der Waals surface area contributed by atoms with E-state index in [9.17, 15) is 14.7 Å². The smallest absolute Gasteiger partial charge is 0.330 e. The van der Waals surface area contributed by atoms with Crippen molar-refractivity contribution < 1.29 is 14.7 Å². The minimum Gasteiger partial charge on any atom is -0.479 e. The molecule has 1 heterocycles. The molecule has 0 aromatic heterocycles. The molecule has 3 fully saturated rings. The number of carbonyl (C=O) groups excluding carboxylic acids is 1. The minimum atomic E-state index is -0.934. The van der Waals surface area contributed by atoms with E-state index in [2.05, 4.69) is 13.8 Å². The summed E-state index contributed by atoms with van der Waals surface area (Å²) in [6, 6.07) is 0. The predicted molar refractivity (Wildman–Crippen MR) is 61.3 cm³/mol. The van der Waals surface area contributed by atoms with Crippen LogP contribution in [0.4, 0.5) is 0 Å². The first kappa shape index (κ1) is 11.1. The SMILES string of the molecule is CC(=O)N1C[C@@]2(C)[C@@H]3CC[C@@]2(C)[C@]1(C(=O)O)C3. The molecular formula is C13H19NO3. The zero-order valence-electron chi connectivity index (χ0n) is 10.6. The van der Waals surface area contributed by atoms with Gasteiger partial charge in [-0.3, -0.25) is 4.79 Å². The Bertz CT molecular complexity index is 434. The van der Waals surface area contributed by atoms with E-state index in [1.54, 1.807) is 4.90 Å². The molecule has 94 valence electrons. The maximum Gasteiger partial charge on any atom is 0.330 e. The number of hydrogen-bond donors (Lipinski definition) is 1. The van der Waals surface area contributed by atoms with Crippen molar-refractivity contribution in [3.05, 3.63) is 0 Å². The molecule has 4 bridgehead atoms. The number of aliphatic carboxylic acids is 1. The lowest BCUT2D eigenvalue weighted by molar-refractivity contribution is -0.163. The van der Waals surface area contributed by atoms with Gasteiger partial charge in [0.1, 0.15) is 5.54 Å². The molecule has 4 nitrogen and oxygen atoms in total. The Morgan fingerprint density at radius 1 is 1.35 bits per heavy atom. The van der Waals surface area contributed by atoms with Gasteiger partial charge in [-0.05, 0) is 30.6 Å². The van der Waals surface area contributed by atoms with Crippen molar-refractivity contribution in [2.75, 3.05) is 6.54 Å². The van der Waals surface area contributed by atoms with E-state index in [4.69, 9.17) is 0 Å². The highest BCUT2D eigenvalue weighted by Gasteiger charge is 2.80. The van der Waals surface area contributed by atoms with Crippen LogP contribution >= 0.6 is 0 Å². The molecule has 2 saturated carbocycles. The number of carboxylic acid groups (broad SMARTS) is 1. The third kappa shape index (κ3) is 0.829. The highest BCUT2D eigenvalue weighted by Crippen LogP contribution is 2.75. The molecule has 0 aromatic rings. The van der Waals surface area contributed by atoms with Crippen LogP contribution in [-0.4, -0.2) is 34.0 Å². The first-order valence-corrected chi connectivity index (χ1v) is 6.31. The van der Waals surface area contributed by atoms with Gasteiger partial charge in [0.2, 0.25) is 5.91 Å². The zero-order valence-corrected chi connectivity index (χ0v) is 10.6. The van der Waals surface area contributed by atoms with E-state index < -0.39 is 11.5 Å². The maximum atomic E-state index is 11.8. The quantitative estimate of drug-likeness (QED) is 0.752. The lowest BCUT2D eigenvalue weighted by Crippen LogP contribution is -2.60. The van der Waals surface area contributed by atoms with Crippen LogP contribution in [0.3, 0.4) is 0 Å². The number of carboxylic acids is 1. The van der Waals surface area contributed by atoms with Crippen LogP contribution in [0.5, 0.6) is 0 Å². The second-order valence-electron chi connectivity index (χ2n) is 6.46. The standard InChI is InChI=1S/C13H19NO3/c1-8(15)14-7-11(2)9-4-5-12(11,3)13(14,6-9)10(16)17/h9H,4-7H2,1-3H3,(H,16,17)/t9-,11+,12-,13-/m1/s1. The molecule has 1 amide bonds.